The highest BCUT2D eigenvalue weighted by Gasteiger charge is 2.39. The average Bonchev–Trinajstić information content (AvgIpc) is 3.62. The Morgan fingerprint density at radius 1 is 1.00 bits per heavy atom. The molecular weight excluding hydrogens is 443 g/mol. The van der Waals surface area contributed by atoms with E-state index in [2.05, 4.69) is 22.0 Å². The van der Waals surface area contributed by atoms with Gasteiger partial charge in [0, 0.05) is 47.2 Å². The monoisotopic (exact) mass is 468 g/mol. The summed E-state index contributed by atoms with van der Waals surface area (Å²) in [6, 6.07) is 22.1. The lowest BCUT2D eigenvalue weighted by Crippen LogP contribution is -2.35. The second-order valence-corrected chi connectivity index (χ2v) is 9.19. The number of halogens is 2. The van der Waals surface area contributed by atoms with Gasteiger partial charge in [0.15, 0.2) is 0 Å². The molecule has 4 rings (SSSR count). The first kappa shape index (κ1) is 22.8. The Bertz CT molecular complexity index is 1040. The SMILES string of the molecule is O=C(O)CC[C@H](c1cccc(Cl)c1)[C@@H](c1ccc(Cl)cc1)N(Cc1ccccn1)C1CC1. The molecule has 0 bridgehead atoms. The number of hydrogen-bond acceptors (Lipinski definition) is 3. The van der Waals surface area contributed by atoms with Crippen LogP contribution in [0.15, 0.2) is 72.9 Å². The van der Waals surface area contributed by atoms with Gasteiger partial charge in [-0.05, 0) is 66.8 Å². The number of benzene rings is 2. The number of hydrogen-bond donors (Lipinski definition) is 1. The molecular formula is C26H26Cl2N2O2. The number of pyridine rings is 1. The molecule has 0 unspecified atom stereocenters. The van der Waals surface area contributed by atoms with Crippen LogP contribution in [-0.4, -0.2) is 27.0 Å². The number of carboxylic acid groups (broad SMARTS) is 1. The summed E-state index contributed by atoms with van der Waals surface area (Å²) in [6.45, 7) is 0.697. The third-order valence-electron chi connectivity index (χ3n) is 5.98. The van der Waals surface area contributed by atoms with Crippen molar-refractivity contribution in [3.05, 3.63) is 99.8 Å². The van der Waals surface area contributed by atoms with E-state index in [0.29, 0.717) is 29.1 Å². The van der Waals surface area contributed by atoms with Crippen LogP contribution in [0.3, 0.4) is 0 Å². The molecule has 0 radical (unpaired) electrons. The summed E-state index contributed by atoms with van der Waals surface area (Å²) in [4.78, 5) is 18.6. The highest BCUT2D eigenvalue weighted by Crippen LogP contribution is 2.45. The molecule has 0 amide bonds. The third kappa shape index (κ3) is 5.89. The average molecular weight is 469 g/mol. The van der Waals surface area contributed by atoms with Gasteiger partial charge in [-0.1, -0.05) is 53.5 Å². The van der Waals surface area contributed by atoms with Gasteiger partial charge in [0.1, 0.15) is 0 Å². The van der Waals surface area contributed by atoms with E-state index in [1.165, 1.54) is 0 Å². The van der Waals surface area contributed by atoms with E-state index in [4.69, 9.17) is 23.2 Å². The molecule has 1 aromatic heterocycles. The maximum Gasteiger partial charge on any atom is 0.303 e. The fourth-order valence-corrected chi connectivity index (χ4v) is 4.70. The zero-order chi connectivity index (χ0) is 22.5. The van der Waals surface area contributed by atoms with Crippen molar-refractivity contribution in [2.45, 2.75) is 50.2 Å². The van der Waals surface area contributed by atoms with E-state index < -0.39 is 5.97 Å². The summed E-state index contributed by atoms with van der Waals surface area (Å²) in [5.74, 6) is -0.843. The van der Waals surface area contributed by atoms with Crippen LogP contribution in [0.1, 0.15) is 54.5 Å². The summed E-state index contributed by atoms with van der Waals surface area (Å²) < 4.78 is 0. The van der Waals surface area contributed by atoms with Crippen LogP contribution >= 0.6 is 23.2 Å². The second kappa shape index (κ2) is 10.5. The van der Waals surface area contributed by atoms with Gasteiger partial charge in [-0.15, -0.1) is 0 Å². The van der Waals surface area contributed by atoms with E-state index in [9.17, 15) is 9.90 Å². The predicted molar refractivity (Wildman–Crippen MR) is 128 cm³/mol. The summed E-state index contributed by atoms with van der Waals surface area (Å²) in [7, 11) is 0. The fraction of sp³-hybridized carbons (Fsp3) is 0.308. The van der Waals surface area contributed by atoms with Crippen LogP contribution in [0.25, 0.3) is 0 Å². The van der Waals surface area contributed by atoms with Crippen LogP contribution < -0.4 is 0 Å². The van der Waals surface area contributed by atoms with Gasteiger partial charge in [0.2, 0.25) is 0 Å². The maximum atomic E-state index is 11.5. The molecule has 1 aliphatic rings. The van der Waals surface area contributed by atoms with E-state index >= 15 is 0 Å². The van der Waals surface area contributed by atoms with Gasteiger partial charge in [-0.25, -0.2) is 0 Å². The van der Waals surface area contributed by atoms with Crippen LogP contribution in [0.5, 0.6) is 0 Å². The highest BCUT2D eigenvalue weighted by molar-refractivity contribution is 6.30. The first-order valence-electron chi connectivity index (χ1n) is 10.9. The van der Waals surface area contributed by atoms with Crippen molar-refractivity contribution in [3.8, 4) is 0 Å². The molecule has 1 aliphatic carbocycles. The van der Waals surface area contributed by atoms with Crippen LogP contribution in [0, 0.1) is 0 Å². The maximum absolute atomic E-state index is 11.5. The van der Waals surface area contributed by atoms with Gasteiger partial charge < -0.3 is 5.11 Å². The molecule has 1 fully saturated rings. The highest BCUT2D eigenvalue weighted by atomic mass is 35.5. The van der Waals surface area contributed by atoms with Crippen molar-refractivity contribution in [1.29, 1.82) is 0 Å². The van der Waals surface area contributed by atoms with Crippen molar-refractivity contribution < 1.29 is 9.90 Å². The van der Waals surface area contributed by atoms with E-state index in [1.807, 2.05) is 60.8 Å². The molecule has 6 heteroatoms. The molecule has 3 aromatic rings. The Morgan fingerprint density at radius 2 is 1.78 bits per heavy atom. The topological polar surface area (TPSA) is 53.4 Å². The second-order valence-electron chi connectivity index (χ2n) is 8.31. The van der Waals surface area contributed by atoms with Crippen molar-refractivity contribution in [2.24, 2.45) is 0 Å². The van der Waals surface area contributed by atoms with Crippen LogP contribution in [0.2, 0.25) is 10.0 Å². The predicted octanol–water partition coefficient (Wildman–Crippen LogP) is 6.74. The first-order valence-corrected chi connectivity index (χ1v) is 11.7. The van der Waals surface area contributed by atoms with Gasteiger partial charge >= 0.3 is 5.97 Å². The first-order chi connectivity index (χ1) is 15.5. The summed E-state index contributed by atoms with van der Waals surface area (Å²) in [5.41, 5.74) is 3.17. The Kier molecular flexibility index (Phi) is 7.46. The largest absolute Gasteiger partial charge is 0.481 e. The van der Waals surface area contributed by atoms with Gasteiger partial charge in [-0.2, -0.15) is 0 Å². The minimum atomic E-state index is -0.797. The Labute approximate surface area is 198 Å². The zero-order valence-corrected chi connectivity index (χ0v) is 19.2. The molecule has 0 aliphatic heterocycles. The van der Waals surface area contributed by atoms with Gasteiger partial charge in [0.25, 0.3) is 0 Å². The van der Waals surface area contributed by atoms with E-state index in [-0.39, 0.29) is 18.4 Å². The van der Waals surface area contributed by atoms with Crippen LogP contribution in [0.4, 0.5) is 0 Å². The lowest BCUT2D eigenvalue weighted by Gasteiger charge is -2.38. The summed E-state index contributed by atoms with van der Waals surface area (Å²) in [6.07, 6.45) is 4.66. The van der Waals surface area contributed by atoms with Crippen molar-refractivity contribution in [2.75, 3.05) is 0 Å². The number of aromatic nitrogens is 1. The van der Waals surface area contributed by atoms with Gasteiger partial charge in [0.05, 0.1) is 5.69 Å². The Morgan fingerprint density at radius 3 is 2.41 bits per heavy atom. The molecule has 166 valence electrons. The zero-order valence-electron chi connectivity index (χ0n) is 17.7. The standard InChI is InChI=1S/C26H26Cl2N2O2/c27-20-9-7-18(8-10-20)26(30(23-11-12-23)17-22-6-1-2-15-29-22)24(13-14-25(31)32)19-4-3-5-21(28)16-19/h1-10,15-16,23-24,26H,11-14,17H2,(H,31,32)/t24-,26-/m1/s1. The molecule has 0 saturated heterocycles. The van der Waals surface area contributed by atoms with Crippen molar-refractivity contribution in [1.82, 2.24) is 9.88 Å². The van der Waals surface area contributed by atoms with E-state index in [0.717, 1.165) is 29.7 Å². The summed E-state index contributed by atoms with van der Waals surface area (Å²) in [5, 5.41) is 10.8. The molecule has 0 spiro atoms. The van der Waals surface area contributed by atoms with Gasteiger partial charge in [-0.3, -0.25) is 14.7 Å². The number of carbonyl (C=O) groups is 1. The third-order valence-corrected chi connectivity index (χ3v) is 6.47. The molecule has 1 N–H and O–H groups in total. The lowest BCUT2D eigenvalue weighted by atomic mass is 9.82. The Balaban J connectivity index is 1.79. The molecule has 2 atom stereocenters. The fourth-order valence-electron chi connectivity index (χ4n) is 4.38. The van der Waals surface area contributed by atoms with Crippen molar-refractivity contribution in [3.63, 3.8) is 0 Å². The minimum Gasteiger partial charge on any atom is -0.481 e. The summed E-state index contributed by atoms with van der Waals surface area (Å²) >= 11 is 12.6. The number of nitrogens with zero attached hydrogens (tertiary/aromatic N) is 2. The quantitative estimate of drug-likeness (QED) is 0.357. The molecule has 1 saturated carbocycles. The molecule has 32 heavy (non-hydrogen) atoms. The minimum absolute atomic E-state index is 0.0282. The van der Waals surface area contributed by atoms with Crippen LogP contribution in [-0.2, 0) is 11.3 Å². The smallest absolute Gasteiger partial charge is 0.303 e. The molecule has 4 nitrogen and oxygen atoms in total. The number of aliphatic carboxylic acids is 1. The number of carboxylic acids is 1. The lowest BCUT2D eigenvalue weighted by molar-refractivity contribution is -0.137. The normalized spacial score (nSPS) is 15.5. The molecule has 2 aromatic carbocycles. The Hall–Kier alpha value is -2.40. The van der Waals surface area contributed by atoms with Crippen molar-refractivity contribution >= 4 is 29.2 Å². The van der Waals surface area contributed by atoms with E-state index in [1.54, 1.807) is 0 Å². The number of rotatable bonds is 10. The molecule has 1 heterocycles.